The maximum atomic E-state index is 11.7. The highest BCUT2D eigenvalue weighted by Crippen LogP contribution is 2.25. The SMILES string of the molecule is CC(C)c1cc(C(=O)NCC2CCC2)no1. The highest BCUT2D eigenvalue weighted by atomic mass is 16.5. The molecule has 4 heteroatoms. The lowest BCUT2D eigenvalue weighted by atomic mass is 9.85. The lowest BCUT2D eigenvalue weighted by molar-refractivity contribution is 0.0930. The molecular formula is C12H18N2O2. The Bertz CT molecular complexity index is 367. The van der Waals surface area contributed by atoms with Crippen molar-refractivity contribution in [2.75, 3.05) is 6.54 Å². The Morgan fingerprint density at radius 1 is 1.62 bits per heavy atom. The molecule has 1 aromatic heterocycles. The quantitative estimate of drug-likeness (QED) is 0.850. The Morgan fingerprint density at radius 2 is 2.38 bits per heavy atom. The molecule has 0 saturated heterocycles. The van der Waals surface area contributed by atoms with Gasteiger partial charge in [-0.2, -0.15) is 0 Å². The first-order valence-corrected chi connectivity index (χ1v) is 5.91. The molecular weight excluding hydrogens is 204 g/mol. The predicted molar refractivity (Wildman–Crippen MR) is 60.3 cm³/mol. The van der Waals surface area contributed by atoms with Crippen LogP contribution in [0.2, 0.25) is 0 Å². The van der Waals surface area contributed by atoms with Gasteiger partial charge >= 0.3 is 0 Å². The van der Waals surface area contributed by atoms with Crippen molar-refractivity contribution in [1.29, 1.82) is 0 Å². The fourth-order valence-corrected chi connectivity index (χ4v) is 1.69. The predicted octanol–water partition coefficient (Wildman–Crippen LogP) is 2.33. The Hall–Kier alpha value is -1.32. The first kappa shape index (κ1) is 11.2. The van der Waals surface area contributed by atoms with E-state index in [1.165, 1.54) is 19.3 Å². The zero-order valence-electron chi connectivity index (χ0n) is 9.82. The van der Waals surface area contributed by atoms with Crippen molar-refractivity contribution in [1.82, 2.24) is 10.5 Å². The molecule has 1 aliphatic carbocycles. The summed E-state index contributed by atoms with van der Waals surface area (Å²) >= 11 is 0. The van der Waals surface area contributed by atoms with E-state index >= 15 is 0 Å². The highest BCUT2D eigenvalue weighted by Gasteiger charge is 2.19. The van der Waals surface area contributed by atoms with Crippen LogP contribution in [-0.4, -0.2) is 17.6 Å². The molecule has 1 amide bonds. The largest absolute Gasteiger partial charge is 0.360 e. The van der Waals surface area contributed by atoms with Crippen LogP contribution in [0, 0.1) is 5.92 Å². The third-order valence-corrected chi connectivity index (χ3v) is 3.11. The van der Waals surface area contributed by atoms with E-state index in [1.807, 2.05) is 13.8 Å². The average molecular weight is 222 g/mol. The number of carbonyl (C=O) groups is 1. The molecule has 16 heavy (non-hydrogen) atoms. The minimum Gasteiger partial charge on any atom is -0.360 e. The van der Waals surface area contributed by atoms with E-state index in [2.05, 4.69) is 10.5 Å². The van der Waals surface area contributed by atoms with Crippen LogP contribution < -0.4 is 5.32 Å². The second-order valence-electron chi connectivity index (χ2n) is 4.78. The maximum Gasteiger partial charge on any atom is 0.273 e. The van der Waals surface area contributed by atoms with Crippen LogP contribution in [-0.2, 0) is 0 Å². The highest BCUT2D eigenvalue weighted by molar-refractivity contribution is 5.92. The topological polar surface area (TPSA) is 55.1 Å². The summed E-state index contributed by atoms with van der Waals surface area (Å²) in [5.74, 6) is 1.57. The summed E-state index contributed by atoms with van der Waals surface area (Å²) in [5.41, 5.74) is 0.392. The van der Waals surface area contributed by atoms with E-state index in [-0.39, 0.29) is 11.8 Å². The normalized spacial score (nSPS) is 16.2. The minimum atomic E-state index is -0.123. The number of nitrogens with one attached hydrogen (secondary N) is 1. The molecule has 0 atom stereocenters. The second kappa shape index (κ2) is 4.68. The van der Waals surface area contributed by atoms with E-state index in [0.29, 0.717) is 11.6 Å². The summed E-state index contributed by atoms with van der Waals surface area (Å²) in [6, 6.07) is 1.72. The molecule has 4 nitrogen and oxygen atoms in total. The van der Waals surface area contributed by atoms with Gasteiger partial charge in [0.2, 0.25) is 0 Å². The fraction of sp³-hybridized carbons (Fsp3) is 0.667. The van der Waals surface area contributed by atoms with Crippen molar-refractivity contribution in [3.8, 4) is 0 Å². The lowest BCUT2D eigenvalue weighted by Gasteiger charge is -2.24. The van der Waals surface area contributed by atoms with Gasteiger partial charge in [-0.15, -0.1) is 0 Å². The maximum absolute atomic E-state index is 11.7. The van der Waals surface area contributed by atoms with E-state index in [0.717, 1.165) is 12.3 Å². The molecule has 1 fully saturated rings. The number of amides is 1. The van der Waals surface area contributed by atoms with Crippen LogP contribution in [0.3, 0.4) is 0 Å². The summed E-state index contributed by atoms with van der Waals surface area (Å²) in [4.78, 5) is 11.7. The lowest BCUT2D eigenvalue weighted by Crippen LogP contribution is -2.32. The van der Waals surface area contributed by atoms with Crippen LogP contribution in [0.15, 0.2) is 10.6 Å². The number of rotatable bonds is 4. The second-order valence-corrected chi connectivity index (χ2v) is 4.78. The average Bonchev–Trinajstić information content (AvgIpc) is 2.63. The first-order chi connectivity index (χ1) is 7.66. The molecule has 0 aliphatic heterocycles. The smallest absolute Gasteiger partial charge is 0.273 e. The summed E-state index contributed by atoms with van der Waals surface area (Å²) in [5, 5.41) is 6.66. The number of aromatic nitrogens is 1. The van der Waals surface area contributed by atoms with Gasteiger partial charge in [-0.3, -0.25) is 4.79 Å². The third kappa shape index (κ3) is 2.43. The van der Waals surface area contributed by atoms with Crippen LogP contribution in [0.25, 0.3) is 0 Å². The third-order valence-electron chi connectivity index (χ3n) is 3.11. The van der Waals surface area contributed by atoms with Gasteiger partial charge in [-0.05, 0) is 18.8 Å². The molecule has 1 aromatic rings. The van der Waals surface area contributed by atoms with Crippen molar-refractivity contribution < 1.29 is 9.32 Å². The molecule has 1 heterocycles. The van der Waals surface area contributed by atoms with Crippen LogP contribution in [0.5, 0.6) is 0 Å². The van der Waals surface area contributed by atoms with Gasteiger partial charge in [-0.25, -0.2) is 0 Å². The minimum absolute atomic E-state index is 0.123. The number of hydrogen-bond acceptors (Lipinski definition) is 3. The standard InChI is InChI=1S/C12H18N2O2/c1-8(2)11-6-10(14-16-11)12(15)13-7-9-4-3-5-9/h6,8-9H,3-5,7H2,1-2H3,(H,13,15). The Balaban J connectivity index is 1.87. The number of hydrogen-bond donors (Lipinski definition) is 1. The van der Waals surface area contributed by atoms with Crippen LogP contribution in [0.4, 0.5) is 0 Å². The summed E-state index contributed by atoms with van der Waals surface area (Å²) in [6.07, 6.45) is 3.76. The molecule has 88 valence electrons. The fourth-order valence-electron chi connectivity index (χ4n) is 1.69. The van der Waals surface area contributed by atoms with Gasteiger partial charge in [0.05, 0.1) is 0 Å². The molecule has 2 rings (SSSR count). The summed E-state index contributed by atoms with van der Waals surface area (Å²) < 4.78 is 5.08. The van der Waals surface area contributed by atoms with E-state index in [4.69, 9.17) is 4.52 Å². The van der Waals surface area contributed by atoms with Crippen molar-refractivity contribution in [3.63, 3.8) is 0 Å². The molecule has 0 bridgehead atoms. The van der Waals surface area contributed by atoms with Crippen molar-refractivity contribution in [2.24, 2.45) is 5.92 Å². The summed E-state index contributed by atoms with van der Waals surface area (Å²) in [7, 11) is 0. The van der Waals surface area contributed by atoms with Crippen LogP contribution in [0.1, 0.15) is 55.3 Å². The molecule has 0 unspecified atom stereocenters. The first-order valence-electron chi connectivity index (χ1n) is 5.91. The van der Waals surface area contributed by atoms with Gasteiger partial charge in [0.15, 0.2) is 5.69 Å². The van der Waals surface area contributed by atoms with Gasteiger partial charge in [0, 0.05) is 18.5 Å². The van der Waals surface area contributed by atoms with Crippen molar-refractivity contribution in [3.05, 3.63) is 17.5 Å². The monoisotopic (exact) mass is 222 g/mol. The number of carbonyl (C=O) groups excluding carboxylic acids is 1. The zero-order valence-corrected chi connectivity index (χ0v) is 9.82. The van der Waals surface area contributed by atoms with Crippen molar-refractivity contribution >= 4 is 5.91 Å². The van der Waals surface area contributed by atoms with E-state index < -0.39 is 0 Å². The molecule has 1 aliphatic rings. The molecule has 0 radical (unpaired) electrons. The van der Waals surface area contributed by atoms with E-state index in [9.17, 15) is 4.79 Å². The van der Waals surface area contributed by atoms with Crippen LogP contribution >= 0.6 is 0 Å². The van der Waals surface area contributed by atoms with E-state index in [1.54, 1.807) is 6.07 Å². The van der Waals surface area contributed by atoms with Gasteiger partial charge < -0.3 is 9.84 Å². The Morgan fingerprint density at radius 3 is 2.88 bits per heavy atom. The molecule has 1 saturated carbocycles. The molecule has 0 spiro atoms. The zero-order chi connectivity index (χ0) is 11.5. The van der Waals surface area contributed by atoms with Gasteiger partial charge in [-0.1, -0.05) is 25.4 Å². The Labute approximate surface area is 95.4 Å². The van der Waals surface area contributed by atoms with Gasteiger partial charge in [0.1, 0.15) is 5.76 Å². The van der Waals surface area contributed by atoms with Crippen molar-refractivity contribution in [2.45, 2.75) is 39.0 Å². The Kier molecular flexibility index (Phi) is 3.27. The summed E-state index contributed by atoms with van der Waals surface area (Å²) in [6.45, 7) is 4.79. The van der Waals surface area contributed by atoms with Gasteiger partial charge in [0.25, 0.3) is 5.91 Å². The number of nitrogens with zero attached hydrogens (tertiary/aromatic N) is 1. The molecule has 1 N–H and O–H groups in total. The molecule has 0 aromatic carbocycles.